The fourth-order valence-corrected chi connectivity index (χ4v) is 2.58. The van der Waals surface area contributed by atoms with Crippen molar-refractivity contribution in [2.24, 2.45) is 11.8 Å². The number of allylic oxidation sites excluding steroid dienone is 4. The summed E-state index contributed by atoms with van der Waals surface area (Å²) < 4.78 is 0. The van der Waals surface area contributed by atoms with Crippen molar-refractivity contribution >= 4 is 0 Å². The molecule has 0 heterocycles. The van der Waals surface area contributed by atoms with Gasteiger partial charge in [-0.1, -0.05) is 49.3 Å². The maximum absolute atomic E-state index is 10.5. The van der Waals surface area contributed by atoms with E-state index >= 15 is 0 Å². The summed E-state index contributed by atoms with van der Waals surface area (Å²) in [6.45, 7) is 10.9. The van der Waals surface area contributed by atoms with Crippen LogP contribution in [0.25, 0.3) is 0 Å². The summed E-state index contributed by atoms with van der Waals surface area (Å²) in [4.78, 5) is 0. The fourth-order valence-electron chi connectivity index (χ4n) is 2.58. The van der Waals surface area contributed by atoms with Crippen LogP contribution in [-0.2, 0) is 0 Å². The standard InChI is InChI=1S/C19H32O/c1-15(2)18-10-9-16(3)7-6-8-17(4)11-13-19(5,20)14-12-18/h7,11-12,14-15,18,20H,6,8-10,13H2,1-5H3. The van der Waals surface area contributed by atoms with Crippen molar-refractivity contribution in [3.8, 4) is 0 Å². The van der Waals surface area contributed by atoms with Gasteiger partial charge < -0.3 is 5.11 Å². The quantitative estimate of drug-likeness (QED) is 0.634. The highest BCUT2D eigenvalue weighted by molar-refractivity contribution is 5.10. The van der Waals surface area contributed by atoms with Crippen LogP contribution in [0, 0.1) is 11.8 Å². The van der Waals surface area contributed by atoms with Gasteiger partial charge in [0.15, 0.2) is 0 Å². The first-order valence-corrected chi connectivity index (χ1v) is 8.03. The molecule has 20 heavy (non-hydrogen) atoms. The minimum Gasteiger partial charge on any atom is -0.386 e. The van der Waals surface area contributed by atoms with Gasteiger partial charge in [0, 0.05) is 0 Å². The monoisotopic (exact) mass is 276 g/mol. The highest BCUT2D eigenvalue weighted by Crippen LogP contribution is 2.25. The Labute approximate surface area is 125 Å². The average molecular weight is 276 g/mol. The second-order valence-electron chi connectivity index (χ2n) is 7.01. The number of hydrogen-bond acceptors (Lipinski definition) is 1. The second kappa shape index (κ2) is 7.83. The summed E-state index contributed by atoms with van der Waals surface area (Å²) in [5.74, 6) is 1.17. The van der Waals surface area contributed by atoms with Crippen molar-refractivity contribution < 1.29 is 5.11 Å². The Kier molecular flexibility index (Phi) is 6.75. The van der Waals surface area contributed by atoms with Gasteiger partial charge in [-0.15, -0.1) is 0 Å². The van der Waals surface area contributed by atoms with E-state index in [2.05, 4.69) is 45.9 Å². The molecule has 2 atom stereocenters. The Bertz CT molecular complexity index is 383. The Balaban J connectivity index is 2.91. The van der Waals surface area contributed by atoms with Crippen LogP contribution in [0.4, 0.5) is 0 Å². The van der Waals surface area contributed by atoms with E-state index < -0.39 is 5.60 Å². The molecule has 114 valence electrons. The summed E-state index contributed by atoms with van der Waals surface area (Å²) in [5.41, 5.74) is 2.16. The SMILES string of the molecule is CC1=CCC(C)(O)C=CC(C(C)C)CCC(C)=CCC1. The molecule has 0 spiro atoms. The molecule has 1 rings (SSSR count). The van der Waals surface area contributed by atoms with Gasteiger partial charge in [-0.25, -0.2) is 0 Å². The van der Waals surface area contributed by atoms with Crippen LogP contribution in [0.1, 0.15) is 66.7 Å². The Morgan fingerprint density at radius 1 is 1.15 bits per heavy atom. The molecule has 0 radical (unpaired) electrons. The zero-order valence-electron chi connectivity index (χ0n) is 13.9. The zero-order chi connectivity index (χ0) is 15.2. The molecule has 1 aliphatic rings. The topological polar surface area (TPSA) is 20.2 Å². The first-order valence-electron chi connectivity index (χ1n) is 8.03. The molecular formula is C19H32O. The summed E-state index contributed by atoms with van der Waals surface area (Å²) in [5, 5.41) is 10.5. The molecule has 0 saturated heterocycles. The van der Waals surface area contributed by atoms with Gasteiger partial charge in [0.2, 0.25) is 0 Å². The number of rotatable bonds is 1. The molecule has 0 aromatic heterocycles. The van der Waals surface area contributed by atoms with Crippen molar-refractivity contribution in [3.63, 3.8) is 0 Å². The molecule has 0 aromatic rings. The maximum atomic E-state index is 10.5. The van der Waals surface area contributed by atoms with Crippen LogP contribution >= 0.6 is 0 Å². The lowest BCUT2D eigenvalue weighted by Gasteiger charge is -2.21. The van der Waals surface area contributed by atoms with E-state index in [1.165, 1.54) is 17.6 Å². The lowest BCUT2D eigenvalue weighted by atomic mass is 9.87. The average Bonchev–Trinajstić information content (AvgIpc) is 2.36. The molecule has 0 fully saturated rings. The third kappa shape index (κ3) is 6.56. The minimum atomic E-state index is -0.717. The Morgan fingerprint density at radius 3 is 2.45 bits per heavy atom. The molecular weight excluding hydrogens is 244 g/mol. The molecule has 1 aliphatic carbocycles. The van der Waals surface area contributed by atoms with E-state index in [0.29, 0.717) is 18.3 Å². The summed E-state index contributed by atoms with van der Waals surface area (Å²) >= 11 is 0. The Morgan fingerprint density at radius 2 is 1.80 bits per heavy atom. The molecule has 0 aliphatic heterocycles. The van der Waals surface area contributed by atoms with E-state index in [9.17, 15) is 5.11 Å². The Hall–Kier alpha value is -0.820. The van der Waals surface area contributed by atoms with Gasteiger partial charge >= 0.3 is 0 Å². The summed E-state index contributed by atoms with van der Waals surface area (Å²) in [6, 6.07) is 0. The zero-order valence-corrected chi connectivity index (χ0v) is 13.9. The third-order valence-corrected chi connectivity index (χ3v) is 4.33. The molecule has 2 unspecified atom stereocenters. The normalized spacial score (nSPS) is 30.1. The van der Waals surface area contributed by atoms with Gasteiger partial charge in [0.1, 0.15) is 0 Å². The lowest BCUT2D eigenvalue weighted by Crippen LogP contribution is -2.20. The first-order chi connectivity index (χ1) is 9.30. The summed E-state index contributed by atoms with van der Waals surface area (Å²) in [7, 11) is 0. The van der Waals surface area contributed by atoms with Crippen molar-refractivity contribution in [1.82, 2.24) is 0 Å². The predicted octanol–water partition coefficient (Wildman–Crippen LogP) is 5.42. The fraction of sp³-hybridized carbons (Fsp3) is 0.684. The van der Waals surface area contributed by atoms with E-state index in [-0.39, 0.29) is 0 Å². The van der Waals surface area contributed by atoms with Crippen molar-refractivity contribution in [2.45, 2.75) is 72.3 Å². The van der Waals surface area contributed by atoms with E-state index in [0.717, 1.165) is 19.3 Å². The highest BCUT2D eigenvalue weighted by atomic mass is 16.3. The van der Waals surface area contributed by atoms with Crippen LogP contribution in [0.2, 0.25) is 0 Å². The van der Waals surface area contributed by atoms with Crippen molar-refractivity contribution in [1.29, 1.82) is 0 Å². The highest BCUT2D eigenvalue weighted by Gasteiger charge is 2.17. The van der Waals surface area contributed by atoms with E-state index in [1.54, 1.807) is 0 Å². The van der Waals surface area contributed by atoms with Crippen LogP contribution < -0.4 is 0 Å². The van der Waals surface area contributed by atoms with Crippen LogP contribution in [0.15, 0.2) is 35.5 Å². The molecule has 0 aromatic carbocycles. The smallest absolute Gasteiger partial charge is 0.0834 e. The van der Waals surface area contributed by atoms with Crippen molar-refractivity contribution in [2.75, 3.05) is 0 Å². The second-order valence-corrected chi connectivity index (χ2v) is 7.01. The third-order valence-electron chi connectivity index (χ3n) is 4.33. The maximum Gasteiger partial charge on any atom is 0.0834 e. The molecule has 1 nitrogen and oxygen atoms in total. The molecule has 1 heteroatoms. The summed E-state index contributed by atoms with van der Waals surface area (Å²) in [6.07, 6.45) is 14.1. The van der Waals surface area contributed by atoms with Gasteiger partial charge in [-0.2, -0.15) is 0 Å². The van der Waals surface area contributed by atoms with Crippen LogP contribution in [0.3, 0.4) is 0 Å². The van der Waals surface area contributed by atoms with Gasteiger partial charge in [-0.05, 0) is 64.7 Å². The van der Waals surface area contributed by atoms with Crippen LogP contribution in [0.5, 0.6) is 0 Å². The van der Waals surface area contributed by atoms with Gasteiger partial charge in [0.05, 0.1) is 5.60 Å². The first kappa shape index (κ1) is 17.2. The molecule has 0 bridgehead atoms. The van der Waals surface area contributed by atoms with Crippen LogP contribution in [-0.4, -0.2) is 10.7 Å². The van der Waals surface area contributed by atoms with Gasteiger partial charge in [-0.3, -0.25) is 0 Å². The lowest BCUT2D eigenvalue weighted by molar-refractivity contribution is 0.114. The largest absolute Gasteiger partial charge is 0.386 e. The van der Waals surface area contributed by atoms with E-state index in [1.807, 2.05) is 13.0 Å². The number of hydrogen-bond donors (Lipinski definition) is 1. The molecule has 0 amide bonds. The number of aliphatic hydroxyl groups is 1. The van der Waals surface area contributed by atoms with Crippen molar-refractivity contribution in [3.05, 3.63) is 35.5 Å². The predicted molar refractivity (Wildman–Crippen MR) is 88.7 cm³/mol. The molecule has 1 N–H and O–H groups in total. The van der Waals surface area contributed by atoms with E-state index in [4.69, 9.17) is 0 Å². The van der Waals surface area contributed by atoms with Gasteiger partial charge in [0.25, 0.3) is 0 Å². The minimum absolute atomic E-state index is 0.552. The molecule has 0 saturated carbocycles.